The molecule has 1 aromatic rings. The minimum atomic E-state index is -0.345. The number of anilines is 1. The standard InChI is InChI=1S/C13H18BrN3O3/c1-15(2)9-4-5-16(8-9)11-7-13(20-3)10(14)6-12(11)17(18)19/h6-7,9H,4-5,8H2,1-3H3. The van der Waals surface area contributed by atoms with Gasteiger partial charge < -0.3 is 14.5 Å². The number of likely N-dealkylation sites (N-methyl/N-ethyl adjacent to an activating group) is 1. The molecule has 20 heavy (non-hydrogen) atoms. The van der Waals surface area contributed by atoms with Crippen LogP contribution in [0.4, 0.5) is 11.4 Å². The van der Waals surface area contributed by atoms with Gasteiger partial charge in [0, 0.05) is 31.3 Å². The lowest BCUT2D eigenvalue weighted by atomic mass is 10.2. The third-order valence-electron chi connectivity index (χ3n) is 3.68. The molecule has 1 atom stereocenters. The van der Waals surface area contributed by atoms with Crippen LogP contribution in [0, 0.1) is 10.1 Å². The Morgan fingerprint density at radius 3 is 2.70 bits per heavy atom. The molecule has 0 saturated carbocycles. The van der Waals surface area contributed by atoms with Crippen molar-refractivity contribution < 1.29 is 9.66 Å². The SMILES string of the molecule is COc1cc(N2CCC(N(C)C)C2)c([N+](=O)[O-])cc1Br. The molecule has 1 aliphatic rings. The van der Waals surface area contributed by atoms with Crippen molar-refractivity contribution in [2.45, 2.75) is 12.5 Å². The van der Waals surface area contributed by atoms with Crippen LogP contribution >= 0.6 is 15.9 Å². The zero-order valence-corrected chi connectivity index (χ0v) is 13.4. The maximum atomic E-state index is 11.3. The van der Waals surface area contributed by atoms with Gasteiger partial charge in [0.05, 0.1) is 16.5 Å². The van der Waals surface area contributed by atoms with Gasteiger partial charge in [-0.05, 0) is 36.4 Å². The Balaban J connectivity index is 2.37. The van der Waals surface area contributed by atoms with Crippen LogP contribution in [0.2, 0.25) is 0 Å². The molecular formula is C13H18BrN3O3. The van der Waals surface area contributed by atoms with Crippen LogP contribution in [-0.4, -0.2) is 50.2 Å². The monoisotopic (exact) mass is 343 g/mol. The summed E-state index contributed by atoms with van der Waals surface area (Å²) >= 11 is 3.30. The molecule has 0 amide bonds. The first-order valence-corrected chi connectivity index (χ1v) is 7.16. The zero-order valence-electron chi connectivity index (χ0n) is 11.8. The molecule has 1 fully saturated rings. The average Bonchev–Trinajstić information content (AvgIpc) is 2.87. The number of nitro benzene ring substituents is 1. The first kappa shape index (κ1) is 15.1. The summed E-state index contributed by atoms with van der Waals surface area (Å²) in [7, 11) is 5.62. The van der Waals surface area contributed by atoms with Crippen molar-refractivity contribution in [1.82, 2.24) is 4.90 Å². The number of nitrogens with zero attached hydrogens (tertiary/aromatic N) is 3. The smallest absolute Gasteiger partial charge is 0.293 e. The van der Waals surface area contributed by atoms with Gasteiger partial charge >= 0.3 is 0 Å². The summed E-state index contributed by atoms with van der Waals surface area (Å²) in [5.74, 6) is 0.610. The van der Waals surface area contributed by atoms with Gasteiger partial charge in [0.1, 0.15) is 11.4 Å². The zero-order chi connectivity index (χ0) is 14.9. The first-order chi connectivity index (χ1) is 9.43. The predicted molar refractivity (Wildman–Crippen MR) is 81.7 cm³/mol. The van der Waals surface area contributed by atoms with Crippen molar-refractivity contribution in [3.05, 3.63) is 26.7 Å². The van der Waals surface area contributed by atoms with Gasteiger partial charge in [-0.15, -0.1) is 0 Å². The summed E-state index contributed by atoms with van der Waals surface area (Å²) in [5, 5.41) is 11.3. The molecule has 0 N–H and O–H groups in total. The van der Waals surface area contributed by atoms with E-state index in [-0.39, 0.29) is 10.6 Å². The van der Waals surface area contributed by atoms with Crippen molar-refractivity contribution in [1.29, 1.82) is 0 Å². The quantitative estimate of drug-likeness (QED) is 0.621. The normalized spacial score (nSPS) is 18.6. The summed E-state index contributed by atoms with van der Waals surface area (Å²) < 4.78 is 5.84. The fraction of sp³-hybridized carbons (Fsp3) is 0.538. The number of benzene rings is 1. The van der Waals surface area contributed by atoms with E-state index in [4.69, 9.17) is 4.74 Å². The fourth-order valence-electron chi connectivity index (χ4n) is 2.47. The molecule has 110 valence electrons. The van der Waals surface area contributed by atoms with Crippen molar-refractivity contribution in [3.63, 3.8) is 0 Å². The highest BCUT2D eigenvalue weighted by Crippen LogP contribution is 2.39. The van der Waals surface area contributed by atoms with Crippen LogP contribution in [0.1, 0.15) is 6.42 Å². The lowest BCUT2D eigenvalue weighted by Crippen LogP contribution is -2.31. The summed E-state index contributed by atoms with van der Waals surface area (Å²) in [6, 6.07) is 3.67. The molecule has 1 saturated heterocycles. The summed E-state index contributed by atoms with van der Waals surface area (Å²) in [5.41, 5.74) is 0.733. The third-order valence-corrected chi connectivity index (χ3v) is 4.30. The molecule has 1 heterocycles. The number of ether oxygens (including phenoxy) is 1. The molecule has 0 spiro atoms. The molecule has 6 nitrogen and oxygen atoms in total. The highest BCUT2D eigenvalue weighted by Gasteiger charge is 2.29. The number of nitro groups is 1. The minimum absolute atomic E-state index is 0.108. The van der Waals surface area contributed by atoms with E-state index in [0.29, 0.717) is 22.0 Å². The summed E-state index contributed by atoms with van der Waals surface area (Å²) in [6.07, 6.45) is 1.00. The highest BCUT2D eigenvalue weighted by atomic mass is 79.9. The van der Waals surface area contributed by atoms with E-state index in [1.807, 2.05) is 14.1 Å². The lowest BCUT2D eigenvalue weighted by Gasteiger charge is -2.22. The summed E-state index contributed by atoms with van der Waals surface area (Å²) in [4.78, 5) is 15.1. The number of halogens is 1. The van der Waals surface area contributed by atoms with E-state index in [1.165, 1.54) is 6.07 Å². The second kappa shape index (κ2) is 5.97. The molecule has 0 aromatic heterocycles. The van der Waals surface area contributed by atoms with Gasteiger partial charge in [0.2, 0.25) is 0 Å². The van der Waals surface area contributed by atoms with E-state index in [9.17, 15) is 10.1 Å². The highest BCUT2D eigenvalue weighted by molar-refractivity contribution is 9.10. The third kappa shape index (κ3) is 2.88. The molecule has 0 bridgehead atoms. The summed E-state index contributed by atoms with van der Waals surface area (Å²) in [6.45, 7) is 1.60. The van der Waals surface area contributed by atoms with Crippen LogP contribution in [0.25, 0.3) is 0 Å². The van der Waals surface area contributed by atoms with Crippen LogP contribution in [-0.2, 0) is 0 Å². The van der Waals surface area contributed by atoms with Crippen molar-refractivity contribution in [2.75, 3.05) is 39.2 Å². The molecule has 0 radical (unpaired) electrons. The lowest BCUT2D eigenvalue weighted by molar-refractivity contribution is -0.384. The van der Waals surface area contributed by atoms with Crippen LogP contribution in [0.3, 0.4) is 0 Å². The Hall–Kier alpha value is -1.34. The van der Waals surface area contributed by atoms with Gasteiger partial charge in [0.15, 0.2) is 0 Å². The molecule has 7 heteroatoms. The van der Waals surface area contributed by atoms with Crippen molar-refractivity contribution >= 4 is 27.3 Å². The topological polar surface area (TPSA) is 58.8 Å². The molecule has 1 unspecified atom stereocenters. The number of hydrogen-bond acceptors (Lipinski definition) is 5. The van der Waals surface area contributed by atoms with E-state index < -0.39 is 0 Å². The Labute approximate surface area is 126 Å². The number of rotatable bonds is 4. The van der Waals surface area contributed by atoms with E-state index in [0.717, 1.165) is 19.5 Å². The molecular weight excluding hydrogens is 326 g/mol. The van der Waals surface area contributed by atoms with Gasteiger partial charge in [0.25, 0.3) is 5.69 Å². The second-order valence-electron chi connectivity index (χ2n) is 5.08. The van der Waals surface area contributed by atoms with Crippen LogP contribution in [0.5, 0.6) is 5.75 Å². The van der Waals surface area contributed by atoms with Gasteiger partial charge in [-0.25, -0.2) is 0 Å². The Kier molecular flexibility index (Phi) is 4.49. The second-order valence-corrected chi connectivity index (χ2v) is 5.94. The van der Waals surface area contributed by atoms with Crippen molar-refractivity contribution in [2.24, 2.45) is 0 Å². The van der Waals surface area contributed by atoms with Crippen LogP contribution in [0.15, 0.2) is 16.6 Å². The van der Waals surface area contributed by atoms with Crippen molar-refractivity contribution in [3.8, 4) is 5.75 Å². The molecule has 2 rings (SSSR count). The van der Waals surface area contributed by atoms with E-state index in [1.54, 1.807) is 13.2 Å². The Bertz CT molecular complexity index is 522. The van der Waals surface area contributed by atoms with Gasteiger partial charge in [-0.2, -0.15) is 0 Å². The predicted octanol–water partition coefficient (Wildman–Crippen LogP) is 2.51. The largest absolute Gasteiger partial charge is 0.495 e. The molecule has 1 aliphatic heterocycles. The first-order valence-electron chi connectivity index (χ1n) is 6.37. The minimum Gasteiger partial charge on any atom is -0.495 e. The van der Waals surface area contributed by atoms with E-state index in [2.05, 4.69) is 25.7 Å². The Morgan fingerprint density at radius 2 is 2.20 bits per heavy atom. The maximum Gasteiger partial charge on any atom is 0.293 e. The molecule has 0 aliphatic carbocycles. The van der Waals surface area contributed by atoms with Crippen LogP contribution < -0.4 is 9.64 Å². The van der Waals surface area contributed by atoms with E-state index >= 15 is 0 Å². The maximum absolute atomic E-state index is 11.3. The van der Waals surface area contributed by atoms with Gasteiger partial charge in [-0.1, -0.05) is 0 Å². The van der Waals surface area contributed by atoms with Gasteiger partial charge in [-0.3, -0.25) is 10.1 Å². The molecule has 1 aromatic carbocycles. The average molecular weight is 344 g/mol. The fourth-order valence-corrected chi connectivity index (χ4v) is 2.96. The number of hydrogen-bond donors (Lipinski definition) is 0. The Morgan fingerprint density at radius 1 is 1.50 bits per heavy atom. The number of methoxy groups -OCH3 is 1.